The number of likely N-dealkylation sites (N-methyl/N-ethyl adjacent to an activating group) is 1. The van der Waals surface area contributed by atoms with Gasteiger partial charge in [0.15, 0.2) is 0 Å². The van der Waals surface area contributed by atoms with Crippen LogP contribution in [0.25, 0.3) is 0 Å². The molecule has 18 heavy (non-hydrogen) atoms. The molecule has 0 N–H and O–H groups in total. The topological polar surface area (TPSA) is 24.3 Å². The highest BCUT2D eigenvalue weighted by molar-refractivity contribution is 4.93. The second-order valence-electron chi connectivity index (χ2n) is 5.17. The fourth-order valence-electron chi connectivity index (χ4n) is 2.95. The molecule has 1 aliphatic heterocycles. The summed E-state index contributed by atoms with van der Waals surface area (Å²) in [5, 5.41) is 0. The van der Waals surface area contributed by atoms with Crippen molar-refractivity contribution < 1.29 is 0 Å². The minimum absolute atomic E-state index is 0.765. The van der Waals surface area contributed by atoms with Crippen LogP contribution in [0.3, 0.4) is 0 Å². The predicted octanol–water partition coefficient (Wildman–Crippen LogP) is 1.38. The number of imidazole rings is 1. The molecule has 0 aromatic carbocycles. The first-order valence-electron chi connectivity index (χ1n) is 7.17. The van der Waals surface area contributed by atoms with Crippen LogP contribution in [0.1, 0.15) is 26.1 Å². The third-order valence-electron chi connectivity index (χ3n) is 4.15. The summed E-state index contributed by atoms with van der Waals surface area (Å²) in [7, 11) is 2.07. The molecule has 1 aromatic heterocycles. The normalized spacial score (nSPS) is 21.0. The molecule has 2 heterocycles. The average molecular weight is 250 g/mol. The number of hydrogen-bond donors (Lipinski definition) is 0. The molecule has 1 aromatic rings. The molecule has 4 nitrogen and oxygen atoms in total. The molecule has 1 fully saturated rings. The van der Waals surface area contributed by atoms with Crippen LogP contribution in [-0.2, 0) is 13.5 Å². The molecule has 0 spiro atoms. The molecule has 4 heteroatoms. The molecule has 1 aliphatic rings. The van der Waals surface area contributed by atoms with Crippen LogP contribution in [0.15, 0.2) is 12.4 Å². The van der Waals surface area contributed by atoms with Gasteiger partial charge < -0.3 is 9.47 Å². The summed E-state index contributed by atoms with van der Waals surface area (Å²) in [5.41, 5.74) is 0. The Bertz CT molecular complexity index is 356. The Hall–Kier alpha value is -0.870. The lowest BCUT2D eigenvalue weighted by Gasteiger charge is -2.26. The van der Waals surface area contributed by atoms with E-state index in [0.717, 1.165) is 19.0 Å². The lowest BCUT2D eigenvalue weighted by molar-refractivity contribution is 0.211. The summed E-state index contributed by atoms with van der Waals surface area (Å²) >= 11 is 0. The van der Waals surface area contributed by atoms with E-state index in [1.807, 2.05) is 12.4 Å². The van der Waals surface area contributed by atoms with Crippen LogP contribution >= 0.6 is 0 Å². The van der Waals surface area contributed by atoms with Gasteiger partial charge in [-0.15, -0.1) is 0 Å². The fraction of sp³-hybridized carbons (Fsp3) is 0.786. The maximum Gasteiger partial charge on any atom is 0.109 e. The van der Waals surface area contributed by atoms with E-state index in [9.17, 15) is 0 Å². The lowest BCUT2D eigenvalue weighted by Crippen LogP contribution is -2.37. The third kappa shape index (κ3) is 3.12. The summed E-state index contributed by atoms with van der Waals surface area (Å²) in [6.07, 6.45) is 6.30. The molecule has 2 rings (SSSR count). The van der Waals surface area contributed by atoms with Gasteiger partial charge in [0, 0.05) is 45.0 Å². The van der Waals surface area contributed by atoms with E-state index in [0.29, 0.717) is 0 Å². The standard InChI is InChI=1S/C14H26N4/c1-4-18(5-2)13-6-9-17(12-13)10-7-14-15-8-11-16(14)3/h8,11,13H,4-7,9-10,12H2,1-3H3. The highest BCUT2D eigenvalue weighted by atomic mass is 15.2. The molecule has 0 saturated carbocycles. The fourth-order valence-corrected chi connectivity index (χ4v) is 2.95. The average Bonchev–Trinajstić information content (AvgIpc) is 2.98. The summed E-state index contributed by atoms with van der Waals surface area (Å²) < 4.78 is 2.12. The second-order valence-corrected chi connectivity index (χ2v) is 5.17. The van der Waals surface area contributed by atoms with Gasteiger partial charge in [-0.1, -0.05) is 13.8 Å². The quantitative estimate of drug-likeness (QED) is 0.762. The van der Waals surface area contributed by atoms with E-state index >= 15 is 0 Å². The molecule has 0 bridgehead atoms. The molecule has 0 amide bonds. The summed E-state index contributed by atoms with van der Waals surface area (Å²) in [5.74, 6) is 1.20. The monoisotopic (exact) mass is 250 g/mol. The van der Waals surface area contributed by atoms with Crippen LogP contribution in [0.2, 0.25) is 0 Å². The third-order valence-corrected chi connectivity index (χ3v) is 4.15. The molecular formula is C14H26N4. The van der Waals surface area contributed by atoms with Crippen molar-refractivity contribution in [2.75, 3.05) is 32.7 Å². The van der Waals surface area contributed by atoms with Crippen LogP contribution < -0.4 is 0 Å². The maximum absolute atomic E-state index is 4.39. The van der Waals surface area contributed by atoms with Crippen molar-refractivity contribution in [1.82, 2.24) is 19.4 Å². The Labute approximate surface area is 111 Å². The van der Waals surface area contributed by atoms with Gasteiger partial charge in [0.25, 0.3) is 0 Å². The van der Waals surface area contributed by atoms with Gasteiger partial charge in [0.1, 0.15) is 5.82 Å². The van der Waals surface area contributed by atoms with Crippen molar-refractivity contribution in [1.29, 1.82) is 0 Å². The summed E-state index contributed by atoms with van der Waals surface area (Å²) in [6, 6.07) is 0.765. The molecule has 1 unspecified atom stereocenters. The van der Waals surface area contributed by atoms with Crippen LogP contribution in [-0.4, -0.2) is 58.1 Å². The molecule has 0 aliphatic carbocycles. The van der Waals surface area contributed by atoms with E-state index < -0.39 is 0 Å². The van der Waals surface area contributed by atoms with Gasteiger partial charge in [0.05, 0.1) is 0 Å². The largest absolute Gasteiger partial charge is 0.338 e. The van der Waals surface area contributed by atoms with Crippen molar-refractivity contribution in [3.63, 3.8) is 0 Å². The van der Waals surface area contributed by atoms with Crippen molar-refractivity contribution in [3.05, 3.63) is 18.2 Å². The molecule has 0 radical (unpaired) electrons. The number of aryl methyl sites for hydroxylation is 1. The Kier molecular flexibility index (Phi) is 4.78. The van der Waals surface area contributed by atoms with E-state index in [2.05, 4.69) is 40.2 Å². The number of rotatable bonds is 6. The molecule has 102 valence electrons. The first-order valence-corrected chi connectivity index (χ1v) is 7.17. The lowest BCUT2D eigenvalue weighted by atomic mass is 10.2. The first kappa shape index (κ1) is 13.6. The van der Waals surface area contributed by atoms with Gasteiger partial charge >= 0.3 is 0 Å². The number of nitrogens with zero attached hydrogens (tertiary/aromatic N) is 4. The molecule has 1 saturated heterocycles. The number of aromatic nitrogens is 2. The Morgan fingerprint density at radius 2 is 2.17 bits per heavy atom. The van der Waals surface area contributed by atoms with Gasteiger partial charge in [-0.25, -0.2) is 4.98 Å². The van der Waals surface area contributed by atoms with Crippen molar-refractivity contribution >= 4 is 0 Å². The van der Waals surface area contributed by atoms with E-state index in [1.165, 1.54) is 38.4 Å². The van der Waals surface area contributed by atoms with Crippen LogP contribution in [0, 0.1) is 0 Å². The minimum Gasteiger partial charge on any atom is -0.338 e. The van der Waals surface area contributed by atoms with E-state index in [1.54, 1.807) is 0 Å². The number of likely N-dealkylation sites (tertiary alicyclic amines) is 1. The molecular weight excluding hydrogens is 224 g/mol. The number of hydrogen-bond acceptors (Lipinski definition) is 3. The predicted molar refractivity (Wildman–Crippen MR) is 74.7 cm³/mol. The van der Waals surface area contributed by atoms with Crippen molar-refractivity contribution in [3.8, 4) is 0 Å². The zero-order valence-corrected chi connectivity index (χ0v) is 12.0. The SMILES string of the molecule is CCN(CC)C1CCN(CCc2nccn2C)C1. The summed E-state index contributed by atoms with van der Waals surface area (Å²) in [4.78, 5) is 9.55. The van der Waals surface area contributed by atoms with Gasteiger partial charge in [0.2, 0.25) is 0 Å². The van der Waals surface area contributed by atoms with E-state index in [4.69, 9.17) is 0 Å². The van der Waals surface area contributed by atoms with Gasteiger partial charge in [-0.3, -0.25) is 4.90 Å². The Morgan fingerprint density at radius 3 is 2.78 bits per heavy atom. The van der Waals surface area contributed by atoms with E-state index in [-0.39, 0.29) is 0 Å². The van der Waals surface area contributed by atoms with Gasteiger partial charge in [-0.2, -0.15) is 0 Å². The Balaban J connectivity index is 1.78. The first-order chi connectivity index (χ1) is 8.74. The van der Waals surface area contributed by atoms with Crippen LogP contribution in [0.4, 0.5) is 0 Å². The van der Waals surface area contributed by atoms with Crippen molar-refractivity contribution in [2.24, 2.45) is 7.05 Å². The van der Waals surface area contributed by atoms with Crippen molar-refractivity contribution in [2.45, 2.75) is 32.7 Å². The van der Waals surface area contributed by atoms with Crippen LogP contribution in [0.5, 0.6) is 0 Å². The highest BCUT2D eigenvalue weighted by Gasteiger charge is 2.25. The Morgan fingerprint density at radius 1 is 1.39 bits per heavy atom. The second kappa shape index (κ2) is 6.34. The van der Waals surface area contributed by atoms with Gasteiger partial charge in [-0.05, 0) is 26.1 Å². The summed E-state index contributed by atoms with van der Waals surface area (Å²) in [6.45, 7) is 10.5. The smallest absolute Gasteiger partial charge is 0.109 e. The zero-order chi connectivity index (χ0) is 13.0. The zero-order valence-electron chi connectivity index (χ0n) is 12.0. The minimum atomic E-state index is 0.765. The highest BCUT2D eigenvalue weighted by Crippen LogP contribution is 2.15. The maximum atomic E-state index is 4.39. The molecule has 1 atom stereocenters.